The van der Waals surface area contributed by atoms with Crippen LogP contribution >= 0.6 is 0 Å². The molecule has 6 nitrogen and oxygen atoms in total. The molecule has 0 atom stereocenters. The summed E-state index contributed by atoms with van der Waals surface area (Å²) in [7, 11) is 0. The van der Waals surface area contributed by atoms with Crippen molar-refractivity contribution < 1.29 is 4.39 Å². The Hall–Kier alpha value is -3.53. The maximum absolute atomic E-state index is 13.3. The van der Waals surface area contributed by atoms with Crippen molar-refractivity contribution >= 4 is 11.5 Å². The van der Waals surface area contributed by atoms with Gasteiger partial charge in [0.15, 0.2) is 5.82 Å². The van der Waals surface area contributed by atoms with E-state index in [1.165, 1.54) is 36.1 Å². The van der Waals surface area contributed by atoms with Crippen molar-refractivity contribution in [2.45, 2.75) is 32.1 Å². The van der Waals surface area contributed by atoms with Crippen LogP contribution in [0.1, 0.15) is 40.8 Å². The number of nitriles is 1. The quantitative estimate of drug-likeness (QED) is 0.632. The lowest BCUT2D eigenvalue weighted by molar-refractivity contribution is 0.618. The molecule has 0 N–H and O–H groups in total. The Morgan fingerprint density at radius 2 is 1.62 bits per heavy atom. The van der Waals surface area contributed by atoms with Gasteiger partial charge in [-0.2, -0.15) is 10.4 Å². The molecule has 0 unspecified atom stereocenters. The molecule has 162 valence electrons. The van der Waals surface area contributed by atoms with Crippen LogP contribution < -0.4 is 9.80 Å². The molecular weight excluding hydrogens is 403 g/mol. The zero-order chi connectivity index (χ0) is 21.9. The maximum Gasteiger partial charge on any atom is 0.154 e. The first kappa shape index (κ1) is 20.4. The number of piperazine rings is 1. The summed E-state index contributed by atoms with van der Waals surface area (Å²) < 4.78 is 13.3. The van der Waals surface area contributed by atoms with Crippen LogP contribution in [-0.4, -0.2) is 41.4 Å². The number of fused-ring (bicyclic) bond motifs is 1. The molecule has 0 amide bonds. The lowest BCUT2D eigenvalue weighted by Crippen LogP contribution is -2.47. The molecule has 7 heteroatoms. The predicted molar refractivity (Wildman–Crippen MR) is 121 cm³/mol. The predicted octanol–water partition coefficient (Wildman–Crippen LogP) is 3.68. The van der Waals surface area contributed by atoms with Gasteiger partial charge in [0.2, 0.25) is 0 Å². The van der Waals surface area contributed by atoms with Crippen LogP contribution in [0.25, 0.3) is 0 Å². The summed E-state index contributed by atoms with van der Waals surface area (Å²) in [5.41, 5.74) is 6.30. The summed E-state index contributed by atoms with van der Waals surface area (Å²) in [5, 5.41) is 18.7. The number of benzene rings is 1. The number of pyridine rings is 1. The van der Waals surface area contributed by atoms with Gasteiger partial charge >= 0.3 is 0 Å². The van der Waals surface area contributed by atoms with E-state index in [1.807, 2.05) is 18.2 Å². The van der Waals surface area contributed by atoms with E-state index in [9.17, 15) is 9.65 Å². The third-order valence-corrected chi connectivity index (χ3v) is 6.47. The number of aromatic nitrogens is 3. The van der Waals surface area contributed by atoms with Crippen molar-refractivity contribution in [1.82, 2.24) is 15.2 Å². The van der Waals surface area contributed by atoms with E-state index in [-0.39, 0.29) is 5.82 Å². The SMILES string of the molecule is N#Cc1cnccc1N1CCN(c2nnc(Cc3ccc(F)cc3)c3c2CCCC3)CC1. The number of nitrogens with zero attached hydrogens (tertiary/aromatic N) is 6. The fourth-order valence-corrected chi connectivity index (χ4v) is 4.80. The Labute approximate surface area is 187 Å². The Morgan fingerprint density at radius 1 is 0.906 bits per heavy atom. The zero-order valence-electron chi connectivity index (χ0n) is 18.0. The third kappa shape index (κ3) is 4.01. The van der Waals surface area contributed by atoms with E-state index >= 15 is 0 Å². The van der Waals surface area contributed by atoms with Crippen molar-refractivity contribution in [2.75, 3.05) is 36.0 Å². The van der Waals surface area contributed by atoms with Crippen molar-refractivity contribution in [2.24, 2.45) is 0 Å². The van der Waals surface area contributed by atoms with Crippen molar-refractivity contribution in [1.29, 1.82) is 5.26 Å². The molecule has 3 heterocycles. The van der Waals surface area contributed by atoms with Gasteiger partial charge in [0.25, 0.3) is 0 Å². The Morgan fingerprint density at radius 3 is 2.38 bits per heavy atom. The molecule has 0 radical (unpaired) electrons. The molecular formula is C25H25FN6. The van der Waals surface area contributed by atoms with Gasteiger partial charge in [-0.05, 0) is 55.0 Å². The van der Waals surface area contributed by atoms with E-state index in [0.29, 0.717) is 12.0 Å². The normalized spacial score (nSPS) is 15.9. The summed E-state index contributed by atoms with van der Waals surface area (Å²) in [5.74, 6) is 0.794. The van der Waals surface area contributed by atoms with Gasteiger partial charge in [0, 0.05) is 50.6 Å². The summed E-state index contributed by atoms with van der Waals surface area (Å²) in [4.78, 5) is 8.65. The highest BCUT2D eigenvalue weighted by molar-refractivity contribution is 5.60. The highest BCUT2D eigenvalue weighted by Crippen LogP contribution is 2.32. The van der Waals surface area contributed by atoms with Gasteiger partial charge in [-0.1, -0.05) is 12.1 Å². The molecule has 1 aliphatic heterocycles. The highest BCUT2D eigenvalue weighted by atomic mass is 19.1. The molecule has 2 aliphatic rings. The molecule has 0 spiro atoms. The van der Waals surface area contributed by atoms with Crippen molar-refractivity contribution in [3.63, 3.8) is 0 Å². The monoisotopic (exact) mass is 428 g/mol. The van der Waals surface area contributed by atoms with E-state index in [2.05, 4.69) is 31.1 Å². The van der Waals surface area contributed by atoms with Gasteiger partial charge in [0.1, 0.15) is 11.9 Å². The lowest BCUT2D eigenvalue weighted by Gasteiger charge is -2.38. The molecule has 0 saturated carbocycles. The zero-order valence-corrected chi connectivity index (χ0v) is 18.0. The second-order valence-electron chi connectivity index (χ2n) is 8.42. The molecule has 1 aromatic carbocycles. The molecule has 1 aliphatic carbocycles. The van der Waals surface area contributed by atoms with Crippen LogP contribution in [0, 0.1) is 17.1 Å². The summed E-state index contributed by atoms with van der Waals surface area (Å²) in [6.45, 7) is 3.33. The topological polar surface area (TPSA) is 68.9 Å². The lowest BCUT2D eigenvalue weighted by atomic mass is 9.89. The van der Waals surface area contributed by atoms with Crippen molar-refractivity contribution in [3.05, 3.63) is 76.5 Å². The summed E-state index contributed by atoms with van der Waals surface area (Å²) in [6.07, 6.45) is 8.44. The smallest absolute Gasteiger partial charge is 0.154 e. The van der Waals surface area contributed by atoms with Gasteiger partial charge in [-0.15, -0.1) is 5.10 Å². The first-order chi connectivity index (χ1) is 15.7. The van der Waals surface area contributed by atoms with E-state index < -0.39 is 0 Å². The van der Waals surface area contributed by atoms with Gasteiger partial charge in [0.05, 0.1) is 16.9 Å². The Kier molecular flexibility index (Phi) is 5.68. The van der Waals surface area contributed by atoms with Gasteiger partial charge < -0.3 is 9.80 Å². The minimum absolute atomic E-state index is 0.218. The summed E-state index contributed by atoms with van der Waals surface area (Å²) >= 11 is 0. The van der Waals surface area contributed by atoms with Gasteiger partial charge in [-0.3, -0.25) is 4.98 Å². The van der Waals surface area contributed by atoms with E-state index in [1.54, 1.807) is 12.4 Å². The molecule has 32 heavy (non-hydrogen) atoms. The van der Waals surface area contributed by atoms with Crippen molar-refractivity contribution in [3.8, 4) is 6.07 Å². The fourth-order valence-electron chi connectivity index (χ4n) is 4.80. The molecule has 0 bridgehead atoms. The number of rotatable bonds is 4. The number of hydrogen-bond acceptors (Lipinski definition) is 6. The second-order valence-corrected chi connectivity index (χ2v) is 8.42. The number of halogens is 1. The molecule has 2 aromatic heterocycles. The molecule has 5 rings (SSSR count). The highest BCUT2D eigenvalue weighted by Gasteiger charge is 2.26. The standard InChI is InChI=1S/C25H25FN6/c26-20-7-5-18(6-8-20)15-23-21-3-1-2-4-22(21)25(30-29-23)32-13-11-31(12-14-32)24-9-10-28-17-19(24)16-27/h5-10,17H,1-4,11-15H2. The number of anilines is 2. The van der Waals surface area contributed by atoms with Crippen LogP contribution in [0.3, 0.4) is 0 Å². The van der Waals surface area contributed by atoms with E-state index in [0.717, 1.165) is 61.8 Å². The Balaban J connectivity index is 1.36. The van der Waals surface area contributed by atoms with Crippen LogP contribution in [0.4, 0.5) is 15.9 Å². The molecule has 1 saturated heterocycles. The molecule has 3 aromatic rings. The average molecular weight is 429 g/mol. The number of hydrogen-bond donors (Lipinski definition) is 0. The fraction of sp³-hybridized carbons (Fsp3) is 0.360. The second kappa shape index (κ2) is 8.91. The maximum atomic E-state index is 13.3. The summed E-state index contributed by atoms with van der Waals surface area (Å²) in [6, 6.07) is 10.8. The first-order valence-corrected chi connectivity index (χ1v) is 11.2. The minimum Gasteiger partial charge on any atom is -0.367 e. The Bertz CT molecular complexity index is 1150. The van der Waals surface area contributed by atoms with Crippen LogP contribution in [0.15, 0.2) is 42.7 Å². The largest absolute Gasteiger partial charge is 0.367 e. The van der Waals surface area contributed by atoms with E-state index in [4.69, 9.17) is 0 Å². The van der Waals surface area contributed by atoms with Crippen LogP contribution in [-0.2, 0) is 19.3 Å². The van der Waals surface area contributed by atoms with Crippen LogP contribution in [0.5, 0.6) is 0 Å². The van der Waals surface area contributed by atoms with Crippen LogP contribution in [0.2, 0.25) is 0 Å². The third-order valence-electron chi connectivity index (χ3n) is 6.47. The molecule has 1 fully saturated rings. The average Bonchev–Trinajstić information content (AvgIpc) is 2.86. The first-order valence-electron chi connectivity index (χ1n) is 11.2. The minimum atomic E-state index is -0.218. The van der Waals surface area contributed by atoms with Gasteiger partial charge in [-0.25, -0.2) is 4.39 Å².